The van der Waals surface area contributed by atoms with E-state index in [2.05, 4.69) is 5.32 Å². The zero-order valence-electron chi connectivity index (χ0n) is 13.8. The van der Waals surface area contributed by atoms with Crippen LogP contribution in [-0.2, 0) is 11.2 Å². The molecule has 3 N–H and O–H groups in total. The molecule has 0 aliphatic heterocycles. The monoisotopic (exact) mass is 325 g/mol. The fourth-order valence-corrected chi connectivity index (χ4v) is 1.82. The second-order valence-corrected chi connectivity index (χ2v) is 5.99. The van der Waals surface area contributed by atoms with Gasteiger partial charge in [0.25, 0.3) is 0 Å². The zero-order chi connectivity index (χ0) is 17.5. The van der Waals surface area contributed by atoms with Gasteiger partial charge >= 0.3 is 12.1 Å². The van der Waals surface area contributed by atoms with Gasteiger partial charge in [0.15, 0.2) is 0 Å². The molecule has 0 unspecified atom stereocenters. The largest absolute Gasteiger partial charge is 0.443 e. The molecule has 6 nitrogen and oxygen atoms in total. The Kier molecular flexibility index (Phi) is 6.96. The lowest BCUT2D eigenvalue weighted by Crippen LogP contribution is -2.48. The number of amides is 3. The minimum Gasteiger partial charge on any atom is -0.443 e. The number of nitrogens with zero attached hydrogens (tertiary/aromatic N) is 1. The van der Waals surface area contributed by atoms with Crippen molar-refractivity contribution in [3.63, 3.8) is 0 Å². The second kappa shape index (κ2) is 8.47. The lowest BCUT2D eigenvalue weighted by Gasteiger charge is -2.26. The van der Waals surface area contributed by atoms with Crippen LogP contribution in [0, 0.1) is 5.82 Å². The van der Waals surface area contributed by atoms with E-state index in [1.54, 1.807) is 39.0 Å². The van der Waals surface area contributed by atoms with E-state index >= 15 is 0 Å². The first kappa shape index (κ1) is 18.9. The Morgan fingerprint density at radius 3 is 2.52 bits per heavy atom. The van der Waals surface area contributed by atoms with Crippen LogP contribution in [0.5, 0.6) is 0 Å². The SMILES string of the molecule is CC(C)(C)OC(=O)N(CCN)C(=O)NCCc1ccccc1F. The first-order chi connectivity index (χ1) is 10.7. The van der Waals surface area contributed by atoms with E-state index in [-0.39, 0.29) is 25.5 Å². The highest BCUT2D eigenvalue weighted by atomic mass is 19.1. The van der Waals surface area contributed by atoms with Gasteiger partial charge in [0.1, 0.15) is 11.4 Å². The molecular formula is C16H24FN3O3. The summed E-state index contributed by atoms with van der Waals surface area (Å²) in [4.78, 5) is 25.0. The van der Waals surface area contributed by atoms with Crippen LogP contribution in [0.15, 0.2) is 24.3 Å². The third-order valence-electron chi connectivity index (χ3n) is 2.84. The molecule has 0 fully saturated rings. The first-order valence-electron chi connectivity index (χ1n) is 7.46. The van der Waals surface area contributed by atoms with Gasteiger partial charge in [-0.25, -0.2) is 18.9 Å². The number of carbonyl (C=O) groups excluding carboxylic acids is 2. The number of urea groups is 1. The molecule has 0 heterocycles. The number of hydrogen-bond donors (Lipinski definition) is 2. The van der Waals surface area contributed by atoms with E-state index in [1.165, 1.54) is 6.07 Å². The molecule has 0 aromatic heterocycles. The number of halogens is 1. The number of nitrogens with one attached hydrogen (secondary N) is 1. The minimum absolute atomic E-state index is 0.0421. The zero-order valence-corrected chi connectivity index (χ0v) is 13.8. The van der Waals surface area contributed by atoms with Gasteiger partial charge in [-0.2, -0.15) is 0 Å². The van der Waals surface area contributed by atoms with Gasteiger partial charge in [-0.05, 0) is 38.8 Å². The van der Waals surface area contributed by atoms with Crippen molar-refractivity contribution in [3.8, 4) is 0 Å². The highest BCUT2D eigenvalue weighted by Gasteiger charge is 2.26. The van der Waals surface area contributed by atoms with Gasteiger partial charge < -0.3 is 15.8 Å². The molecule has 128 valence electrons. The molecule has 0 saturated heterocycles. The normalized spacial score (nSPS) is 11.0. The molecule has 1 rings (SSSR count). The predicted octanol–water partition coefficient (Wildman–Crippen LogP) is 2.27. The van der Waals surface area contributed by atoms with Crippen molar-refractivity contribution >= 4 is 12.1 Å². The molecule has 3 amide bonds. The number of benzene rings is 1. The standard InChI is InChI=1S/C16H24FN3O3/c1-16(2,3)23-15(22)20(11-9-18)14(21)19-10-8-12-6-4-5-7-13(12)17/h4-7H,8-11,18H2,1-3H3,(H,19,21). The fraction of sp³-hybridized carbons (Fsp3) is 0.500. The summed E-state index contributed by atoms with van der Waals surface area (Å²) in [6.45, 7) is 5.49. The molecular weight excluding hydrogens is 301 g/mol. The summed E-state index contributed by atoms with van der Waals surface area (Å²) in [5, 5.41) is 2.57. The van der Waals surface area contributed by atoms with Crippen LogP contribution in [0.2, 0.25) is 0 Å². The summed E-state index contributed by atoms with van der Waals surface area (Å²) in [7, 11) is 0. The van der Waals surface area contributed by atoms with Gasteiger partial charge in [0, 0.05) is 19.6 Å². The van der Waals surface area contributed by atoms with E-state index in [4.69, 9.17) is 10.5 Å². The molecule has 23 heavy (non-hydrogen) atoms. The molecule has 0 aliphatic rings. The third kappa shape index (κ3) is 6.65. The maximum absolute atomic E-state index is 13.5. The fourth-order valence-electron chi connectivity index (χ4n) is 1.82. The maximum Gasteiger partial charge on any atom is 0.418 e. The summed E-state index contributed by atoms with van der Waals surface area (Å²) in [5.41, 5.74) is 5.21. The van der Waals surface area contributed by atoms with Gasteiger partial charge in [-0.15, -0.1) is 0 Å². The van der Waals surface area contributed by atoms with E-state index in [1.807, 2.05) is 0 Å². The summed E-state index contributed by atoms with van der Waals surface area (Å²) >= 11 is 0. The minimum atomic E-state index is -0.758. The Hall–Kier alpha value is -2.15. The van der Waals surface area contributed by atoms with Crippen LogP contribution in [0.3, 0.4) is 0 Å². The number of imide groups is 1. The topological polar surface area (TPSA) is 84.7 Å². The molecule has 0 bridgehead atoms. The van der Waals surface area contributed by atoms with E-state index < -0.39 is 17.7 Å². The smallest absolute Gasteiger partial charge is 0.418 e. The number of carbonyl (C=O) groups is 2. The van der Waals surface area contributed by atoms with Crippen molar-refractivity contribution in [1.82, 2.24) is 10.2 Å². The molecule has 1 aromatic rings. The number of rotatable bonds is 5. The van der Waals surface area contributed by atoms with Crippen molar-refractivity contribution in [3.05, 3.63) is 35.6 Å². The van der Waals surface area contributed by atoms with Crippen molar-refractivity contribution < 1.29 is 18.7 Å². The van der Waals surface area contributed by atoms with Gasteiger partial charge in [-0.3, -0.25) is 0 Å². The average Bonchev–Trinajstić information content (AvgIpc) is 2.44. The number of nitrogens with two attached hydrogens (primary N) is 1. The van der Waals surface area contributed by atoms with Crippen LogP contribution in [-0.4, -0.2) is 42.3 Å². The van der Waals surface area contributed by atoms with E-state index in [9.17, 15) is 14.0 Å². The van der Waals surface area contributed by atoms with Crippen LogP contribution >= 0.6 is 0 Å². The Morgan fingerprint density at radius 1 is 1.30 bits per heavy atom. The quantitative estimate of drug-likeness (QED) is 0.870. The van der Waals surface area contributed by atoms with E-state index in [0.29, 0.717) is 12.0 Å². The Bertz CT molecular complexity index is 544. The lowest BCUT2D eigenvalue weighted by atomic mass is 10.1. The molecule has 0 radical (unpaired) electrons. The van der Waals surface area contributed by atoms with Crippen LogP contribution in [0.4, 0.5) is 14.0 Å². The molecule has 0 aliphatic carbocycles. The maximum atomic E-state index is 13.5. The van der Waals surface area contributed by atoms with Crippen LogP contribution < -0.4 is 11.1 Å². The van der Waals surface area contributed by atoms with Crippen molar-refractivity contribution in [2.24, 2.45) is 5.73 Å². The summed E-state index contributed by atoms with van der Waals surface area (Å²) in [6.07, 6.45) is -0.435. The highest BCUT2D eigenvalue weighted by molar-refractivity contribution is 5.91. The number of ether oxygens (including phenoxy) is 1. The summed E-state index contributed by atoms with van der Waals surface area (Å²) < 4.78 is 18.7. The Balaban J connectivity index is 2.57. The highest BCUT2D eigenvalue weighted by Crippen LogP contribution is 2.10. The molecule has 0 saturated carbocycles. The third-order valence-corrected chi connectivity index (χ3v) is 2.84. The molecule has 0 spiro atoms. The number of hydrogen-bond acceptors (Lipinski definition) is 4. The Morgan fingerprint density at radius 2 is 1.96 bits per heavy atom. The second-order valence-electron chi connectivity index (χ2n) is 5.99. The molecule has 7 heteroatoms. The van der Waals surface area contributed by atoms with Gasteiger partial charge in [-0.1, -0.05) is 18.2 Å². The van der Waals surface area contributed by atoms with Gasteiger partial charge in [0.05, 0.1) is 0 Å². The summed E-state index contributed by atoms with van der Waals surface area (Å²) in [5.74, 6) is -0.326. The first-order valence-corrected chi connectivity index (χ1v) is 7.46. The molecule has 0 atom stereocenters. The lowest BCUT2D eigenvalue weighted by molar-refractivity contribution is 0.0325. The van der Waals surface area contributed by atoms with Gasteiger partial charge in [0.2, 0.25) is 0 Å². The van der Waals surface area contributed by atoms with Crippen molar-refractivity contribution in [2.45, 2.75) is 32.8 Å². The van der Waals surface area contributed by atoms with E-state index in [0.717, 1.165) is 4.90 Å². The van der Waals surface area contributed by atoms with Crippen LogP contribution in [0.1, 0.15) is 26.3 Å². The molecule has 1 aromatic carbocycles. The Labute approximate surface area is 135 Å². The predicted molar refractivity (Wildman–Crippen MR) is 85.5 cm³/mol. The average molecular weight is 325 g/mol. The van der Waals surface area contributed by atoms with Crippen molar-refractivity contribution in [1.29, 1.82) is 0 Å². The van der Waals surface area contributed by atoms with Crippen LogP contribution in [0.25, 0.3) is 0 Å². The van der Waals surface area contributed by atoms with Crippen molar-refractivity contribution in [2.75, 3.05) is 19.6 Å². The summed E-state index contributed by atoms with van der Waals surface area (Å²) in [6, 6.07) is 5.72.